The quantitative estimate of drug-likeness (QED) is 0.579. The van der Waals surface area contributed by atoms with Gasteiger partial charge in [-0.2, -0.15) is 0 Å². The van der Waals surface area contributed by atoms with Crippen molar-refractivity contribution in [2.24, 2.45) is 0 Å². The number of benzene rings is 1. The van der Waals surface area contributed by atoms with Gasteiger partial charge >= 0.3 is 0 Å². The second-order valence-corrected chi connectivity index (χ2v) is 6.10. The Hall–Kier alpha value is -0.480. The predicted octanol–water partition coefficient (Wildman–Crippen LogP) is 6.06. The fourth-order valence-electron chi connectivity index (χ4n) is 2.02. The molecule has 2 nitrogen and oxygen atoms in total. The van der Waals surface area contributed by atoms with Gasteiger partial charge in [0.15, 0.2) is 0 Å². The molecule has 0 spiro atoms. The molecule has 0 bridgehead atoms. The van der Waals surface area contributed by atoms with E-state index in [1.54, 1.807) is 0 Å². The fraction of sp³-hybridized carbons (Fsp3) is 0.375. The molecule has 5 heteroatoms. The summed E-state index contributed by atoms with van der Waals surface area (Å²) < 4.78 is 6.80. The molecule has 21 heavy (non-hydrogen) atoms. The molecule has 0 saturated carbocycles. The van der Waals surface area contributed by atoms with Gasteiger partial charge in [-0.3, -0.25) is 0 Å². The van der Waals surface area contributed by atoms with Gasteiger partial charge in [-0.05, 0) is 43.3 Å². The van der Waals surface area contributed by atoms with Crippen LogP contribution >= 0.6 is 39.9 Å². The molecule has 0 radical (unpaired) electrons. The molecule has 0 aliphatic heterocycles. The van der Waals surface area contributed by atoms with E-state index in [1.165, 1.54) is 19.3 Å². The average Bonchev–Trinajstić information content (AvgIpc) is 2.87. The maximum Gasteiger partial charge on any atom is 0.135 e. The van der Waals surface area contributed by atoms with Crippen molar-refractivity contribution in [2.75, 3.05) is 6.54 Å². The van der Waals surface area contributed by atoms with Crippen molar-refractivity contribution in [1.82, 2.24) is 5.32 Å². The van der Waals surface area contributed by atoms with Crippen LogP contribution in [-0.4, -0.2) is 6.54 Å². The van der Waals surface area contributed by atoms with Gasteiger partial charge in [-0.25, -0.2) is 0 Å². The van der Waals surface area contributed by atoms with Crippen LogP contribution in [0, 0.1) is 0 Å². The van der Waals surface area contributed by atoms with Crippen LogP contribution < -0.4 is 5.32 Å². The minimum Gasteiger partial charge on any atom is -0.460 e. The maximum atomic E-state index is 6.23. The molecule has 0 aliphatic rings. The molecule has 1 N–H and O–H groups in total. The first kappa shape index (κ1) is 18.6. The third-order valence-corrected chi connectivity index (χ3v) is 3.92. The van der Waals surface area contributed by atoms with Crippen molar-refractivity contribution in [3.8, 4) is 11.3 Å². The highest BCUT2D eigenvalue weighted by molar-refractivity contribution is 9.10. The molecule has 116 valence electrons. The molecular formula is C16H20BrCl2NO. The summed E-state index contributed by atoms with van der Waals surface area (Å²) >= 11 is 9.63. The molecule has 1 aromatic heterocycles. The molecule has 0 atom stereocenters. The lowest BCUT2D eigenvalue weighted by molar-refractivity contribution is 0.488. The third kappa shape index (κ3) is 5.67. The summed E-state index contributed by atoms with van der Waals surface area (Å²) in [5.74, 6) is 1.75. The highest BCUT2D eigenvalue weighted by atomic mass is 79.9. The normalized spacial score (nSPS) is 10.4. The van der Waals surface area contributed by atoms with Crippen LogP contribution in [0.5, 0.6) is 0 Å². The molecular weight excluding hydrogens is 373 g/mol. The topological polar surface area (TPSA) is 25.2 Å². The molecule has 0 fully saturated rings. The number of rotatable bonds is 7. The summed E-state index contributed by atoms with van der Waals surface area (Å²) in [6, 6.07) is 9.77. The zero-order valence-corrected chi connectivity index (χ0v) is 15.2. The summed E-state index contributed by atoms with van der Waals surface area (Å²) in [7, 11) is 0. The van der Waals surface area contributed by atoms with Gasteiger partial charge in [0.1, 0.15) is 11.5 Å². The Labute approximate surface area is 145 Å². The minimum atomic E-state index is 0. The molecule has 0 saturated heterocycles. The van der Waals surface area contributed by atoms with E-state index >= 15 is 0 Å². The number of hydrogen-bond acceptors (Lipinski definition) is 2. The lowest BCUT2D eigenvalue weighted by Crippen LogP contribution is -2.13. The first-order valence-electron chi connectivity index (χ1n) is 6.95. The Balaban J connectivity index is 0.00000220. The van der Waals surface area contributed by atoms with E-state index < -0.39 is 0 Å². The summed E-state index contributed by atoms with van der Waals surface area (Å²) in [5, 5.41) is 4.08. The first-order chi connectivity index (χ1) is 9.70. The fourth-order valence-corrected chi connectivity index (χ4v) is 2.79. The van der Waals surface area contributed by atoms with Gasteiger partial charge in [0, 0.05) is 10.0 Å². The standard InChI is InChI=1S/C16H19BrClNO.ClH/c1-2-3-4-9-19-11-13-6-8-16(20-13)14-7-5-12(17)10-15(14)18;/h5-8,10,19H,2-4,9,11H2,1H3;1H. The van der Waals surface area contributed by atoms with Crippen molar-refractivity contribution in [1.29, 1.82) is 0 Å². The monoisotopic (exact) mass is 391 g/mol. The molecule has 1 heterocycles. The van der Waals surface area contributed by atoms with Gasteiger partial charge < -0.3 is 9.73 Å². The van der Waals surface area contributed by atoms with Crippen LogP contribution in [0.15, 0.2) is 39.2 Å². The lowest BCUT2D eigenvalue weighted by atomic mass is 10.2. The average molecular weight is 393 g/mol. The summed E-state index contributed by atoms with van der Waals surface area (Å²) in [4.78, 5) is 0. The highest BCUT2D eigenvalue weighted by Gasteiger charge is 2.08. The van der Waals surface area contributed by atoms with E-state index in [4.69, 9.17) is 16.0 Å². The number of furan rings is 1. The van der Waals surface area contributed by atoms with E-state index in [1.807, 2.05) is 30.3 Å². The number of halogens is 3. The second kappa shape index (κ2) is 9.52. The molecule has 1 aromatic carbocycles. The summed E-state index contributed by atoms with van der Waals surface area (Å²) in [5.41, 5.74) is 0.923. The molecule has 0 amide bonds. The Bertz CT molecular complexity index is 557. The second-order valence-electron chi connectivity index (χ2n) is 4.77. The van der Waals surface area contributed by atoms with E-state index in [2.05, 4.69) is 28.2 Å². The van der Waals surface area contributed by atoms with Crippen LogP contribution in [0.25, 0.3) is 11.3 Å². The van der Waals surface area contributed by atoms with E-state index in [0.717, 1.165) is 34.6 Å². The Morgan fingerprint density at radius 2 is 2.00 bits per heavy atom. The van der Waals surface area contributed by atoms with Gasteiger partial charge in [-0.1, -0.05) is 47.3 Å². The summed E-state index contributed by atoms with van der Waals surface area (Å²) in [6.07, 6.45) is 3.72. The van der Waals surface area contributed by atoms with E-state index in [9.17, 15) is 0 Å². The first-order valence-corrected chi connectivity index (χ1v) is 8.12. The van der Waals surface area contributed by atoms with Crippen molar-refractivity contribution in [3.05, 3.63) is 45.6 Å². The van der Waals surface area contributed by atoms with Crippen molar-refractivity contribution >= 4 is 39.9 Å². The molecule has 0 unspecified atom stereocenters. The predicted molar refractivity (Wildman–Crippen MR) is 95.3 cm³/mol. The van der Waals surface area contributed by atoms with Crippen molar-refractivity contribution in [3.63, 3.8) is 0 Å². The number of hydrogen-bond donors (Lipinski definition) is 1. The van der Waals surface area contributed by atoms with Crippen LogP contribution in [0.3, 0.4) is 0 Å². The minimum absolute atomic E-state index is 0. The van der Waals surface area contributed by atoms with E-state index in [-0.39, 0.29) is 12.4 Å². The van der Waals surface area contributed by atoms with Crippen LogP contribution in [0.4, 0.5) is 0 Å². The van der Waals surface area contributed by atoms with Gasteiger partial charge in [0.05, 0.1) is 11.6 Å². The highest BCUT2D eigenvalue weighted by Crippen LogP contribution is 2.31. The Morgan fingerprint density at radius 1 is 1.19 bits per heavy atom. The van der Waals surface area contributed by atoms with Gasteiger partial charge in [0.2, 0.25) is 0 Å². The summed E-state index contributed by atoms with van der Waals surface area (Å²) in [6.45, 7) is 4.00. The van der Waals surface area contributed by atoms with Crippen LogP contribution in [0.2, 0.25) is 5.02 Å². The molecule has 0 aliphatic carbocycles. The van der Waals surface area contributed by atoms with Crippen LogP contribution in [-0.2, 0) is 6.54 Å². The van der Waals surface area contributed by atoms with Crippen molar-refractivity contribution < 1.29 is 4.42 Å². The molecule has 2 aromatic rings. The number of unbranched alkanes of at least 4 members (excludes halogenated alkanes) is 2. The molecule has 2 rings (SSSR count). The Kier molecular flexibility index (Phi) is 8.42. The zero-order chi connectivity index (χ0) is 14.4. The maximum absolute atomic E-state index is 6.23. The number of nitrogens with one attached hydrogen (secondary N) is 1. The van der Waals surface area contributed by atoms with E-state index in [0.29, 0.717) is 5.02 Å². The van der Waals surface area contributed by atoms with Gasteiger partial charge in [-0.15, -0.1) is 12.4 Å². The smallest absolute Gasteiger partial charge is 0.135 e. The Morgan fingerprint density at radius 3 is 2.71 bits per heavy atom. The van der Waals surface area contributed by atoms with Crippen LogP contribution in [0.1, 0.15) is 31.9 Å². The SMILES string of the molecule is CCCCCNCc1ccc(-c2ccc(Br)cc2Cl)o1.Cl. The largest absolute Gasteiger partial charge is 0.460 e. The lowest BCUT2D eigenvalue weighted by Gasteiger charge is -2.03. The van der Waals surface area contributed by atoms with Crippen molar-refractivity contribution in [2.45, 2.75) is 32.7 Å². The third-order valence-electron chi connectivity index (χ3n) is 3.11. The van der Waals surface area contributed by atoms with Gasteiger partial charge in [0.25, 0.3) is 0 Å². The zero-order valence-electron chi connectivity index (χ0n) is 12.0.